The lowest BCUT2D eigenvalue weighted by Crippen LogP contribution is -2.32. The lowest BCUT2D eigenvalue weighted by molar-refractivity contribution is 0.704. The first-order valence-electron chi connectivity index (χ1n) is 6.40. The van der Waals surface area contributed by atoms with Crippen molar-refractivity contribution in [3.05, 3.63) is 67.5 Å². The normalized spacial score (nSPS) is 10.7. The van der Waals surface area contributed by atoms with Crippen molar-refractivity contribution in [3.8, 4) is 0 Å². The zero-order chi connectivity index (χ0) is 14.0. The number of rotatable bonds is 3. The molecule has 1 aromatic heterocycles. The number of hydrogen-bond donors (Lipinski definition) is 1. The molecule has 19 heavy (non-hydrogen) atoms. The first kappa shape index (κ1) is 13.3. The van der Waals surface area contributed by atoms with Gasteiger partial charge in [0.15, 0.2) is 0 Å². The van der Waals surface area contributed by atoms with E-state index >= 15 is 0 Å². The summed E-state index contributed by atoms with van der Waals surface area (Å²) in [5.41, 5.74) is 3.38. The van der Waals surface area contributed by atoms with Gasteiger partial charge in [0.25, 0.3) is 5.56 Å². The minimum absolute atomic E-state index is 0.287. The van der Waals surface area contributed by atoms with Crippen LogP contribution in [0.1, 0.15) is 29.2 Å². The zero-order valence-corrected chi connectivity index (χ0v) is 11.5. The SMILES string of the molecule is CCc1cn(Cc2cc(C)ccc2C)c(=O)[nH]c1=O. The standard InChI is InChI=1S/C15H18N2O2/c1-4-12-8-17(15(19)16-14(12)18)9-13-7-10(2)5-6-11(13)3/h5-8H,4,9H2,1-3H3,(H,16,18,19). The van der Waals surface area contributed by atoms with Crippen LogP contribution in [0.5, 0.6) is 0 Å². The van der Waals surface area contributed by atoms with E-state index in [1.165, 1.54) is 0 Å². The molecule has 0 aliphatic heterocycles. The Balaban J connectivity index is 2.46. The van der Waals surface area contributed by atoms with E-state index in [1.54, 1.807) is 10.8 Å². The van der Waals surface area contributed by atoms with Gasteiger partial charge in [-0.2, -0.15) is 0 Å². The zero-order valence-electron chi connectivity index (χ0n) is 11.5. The minimum Gasteiger partial charge on any atom is -0.296 e. The molecule has 0 saturated carbocycles. The molecule has 0 radical (unpaired) electrons. The van der Waals surface area contributed by atoms with Crippen LogP contribution < -0.4 is 11.2 Å². The van der Waals surface area contributed by atoms with Crippen LogP contribution in [0.3, 0.4) is 0 Å². The van der Waals surface area contributed by atoms with Crippen LogP contribution in [-0.4, -0.2) is 9.55 Å². The van der Waals surface area contributed by atoms with Crippen molar-refractivity contribution in [3.63, 3.8) is 0 Å². The van der Waals surface area contributed by atoms with Crippen molar-refractivity contribution in [2.45, 2.75) is 33.7 Å². The van der Waals surface area contributed by atoms with Gasteiger partial charge in [0.2, 0.25) is 0 Å². The van der Waals surface area contributed by atoms with Crippen molar-refractivity contribution < 1.29 is 0 Å². The molecule has 1 N–H and O–H groups in total. The fourth-order valence-electron chi connectivity index (χ4n) is 2.08. The minimum atomic E-state index is -0.358. The molecule has 0 aliphatic carbocycles. The Kier molecular flexibility index (Phi) is 3.69. The smallest absolute Gasteiger partial charge is 0.296 e. The van der Waals surface area contributed by atoms with E-state index in [4.69, 9.17) is 0 Å². The number of aryl methyl sites for hydroxylation is 3. The van der Waals surface area contributed by atoms with Gasteiger partial charge in [-0.3, -0.25) is 14.3 Å². The maximum Gasteiger partial charge on any atom is 0.328 e. The Bertz CT molecular complexity index is 711. The second-order valence-electron chi connectivity index (χ2n) is 4.83. The number of nitrogens with one attached hydrogen (secondary N) is 1. The van der Waals surface area contributed by atoms with Crippen LogP contribution in [0.2, 0.25) is 0 Å². The second kappa shape index (κ2) is 5.26. The van der Waals surface area contributed by atoms with Crippen LogP contribution in [0, 0.1) is 13.8 Å². The van der Waals surface area contributed by atoms with Crippen LogP contribution in [0.25, 0.3) is 0 Å². The number of hydrogen-bond acceptors (Lipinski definition) is 2. The van der Waals surface area contributed by atoms with Gasteiger partial charge in [-0.05, 0) is 31.4 Å². The Labute approximate surface area is 111 Å². The molecule has 0 bridgehead atoms. The highest BCUT2D eigenvalue weighted by molar-refractivity contribution is 5.30. The maximum atomic E-state index is 11.8. The van der Waals surface area contributed by atoms with E-state index in [-0.39, 0.29) is 11.2 Å². The van der Waals surface area contributed by atoms with E-state index in [2.05, 4.69) is 11.1 Å². The lowest BCUT2D eigenvalue weighted by Gasteiger charge is -2.10. The summed E-state index contributed by atoms with van der Waals surface area (Å²) in [6.45, 7) is 6.43. The Morgan fingerprint density at radius 3 is 2.58 bits per heavy atom. The first-order chi connectivity index (χ1) is 9.01. The van der Waals surface area contributed by atoms with Crippen molar-refractivity contribution in [2.75, 3.05) is 0 Å². The van der Waals surface area contributed by atoms with Gasteiger partial charge in [-0.1, -0.05) is 30.7 Å². The molecule has 2 rings (SSSR count). The number of aromatic nitrogens is 2. The van der Waals surface area contributed by atoms with Crippen LogP contribution in [0.4, 0.5) is 0 Å². The summed E-state index contributed by atoms with van der Waals surface area (Å²) in [4.78, 5) is 25.7. The quantitative estimate of drug-likeness (QED) is 0.912. The molecule has 0 spiro atoms. The molecular formula is C15H18N2O2. The molecule has 0 aliphatic rings. The molecule has 100 valence electrons. The monoisotopic (exact) mass is 258 g/mol. The number of nitrogens with zero attached hydrogens (tertiary/aromatic N) is 1. The average Bonchev–Trinajstić information content (AvgIpc) is 2.37. The summed E-state index contributed by atoms with van der Waals surface area (Å²) in [5.74, 6) is 0. The molecule has 0 unspecified atom stereocenters. The Morgan fingerprint density at radius 1 is 1.16 bits per heavy atom. The van der Waals surface area contributed by atoms with E-state index in [9.17, 15) is 9.59 Å². The second-order valence-corrected chi connectivity index (χ2v) is 4.83. The van der Waals surface area contributed by atoms with Gasteiger partial charge >= 0.3 is 5.69 Å². The van der Waals surface area contributed by atoms with E-state index in [1.807, 2.05) is 32.9 Å². The largest absolute Gasteiger partial charge is 0.328 e. The summed E-state index contributed by atoms with van der Waals surface area (Å²) in [6, 6.07) is 6.16. The topological polar surface area (TPSA) is 54.9 Å². The van der Waals surface area contributed by atoms with Crippen molar-refractivity contribution in [1.82, 2.24) is 9.55 Å². The molecule has 0 fully saturated rings. The van der Waals surface area contributed by atoms with Gasteiger partial charge in [0, 0.05) is 11.8 Å². The van der Waals surface area contributed by atoms with Gasteiger partial charge in [0.1, 0.15) is 0 Å². The number of H-pyrrole nitrogens is 1. The maximum absolute atomic E-state index is 11.8. The van der Waals surface area contributed by atoms with Crippen molar-refractivity contribution in [1.29, 1.82) is 0 Å². The Morgan fingerprint density at radius 2 is 1.89 bits per heavy atom. The molecular weight excluding hydrogens is 240 g/mol. The van der Waals surface area contributed by atoms with Gasteiger partial charge in [0.05, 0.1) is 6.54 Å². The van der Waals surface area contributed by atoms with E-state index in [0.717, 1.165) is 16.7 Å². The Hall–Kier alpha value is -2.10. The van der Waals surface area contributed by atoms with Gasteiger partial charge < -0.3 is 0 Å². The third kappa shape index (κ3) is 2.84. The predicted molar refractivity (Wildman–Crippen MR) is 75.7 cm³/mol. The third-order valence-corrected chi connectivity index (χ3v) is 3.31. The predicted octanol–water partition coefficient (Wildman–Crippen LogP) is 1.76. The number of benzene rings is 1. The van der Waals surface area contributed by atoms with Crippen molar-refractivity contribution in [2.24, 2.45) is 0 Å². The summed E-state index contributed by atoms with van der Waals surface area (Å²) >= 11 is 0. The fraction of sp³-hybridized carbons (Fsp3) is 0.333. The van der Waals surface area contributed by atoms with Crippen LogP contribution in [-0.2, 0) is 13.0 Å². The molecule has 0 saturated heterocycles. The van der Waals surface area contributed by atoms with Crippen LogP contribution >= 0.6 is 0 Å². The van der Waals surface area contributed by atoms with E-state index < -0.39 is 0 Å². The highest BCUT2D eigenvalue weighted by Gasteiger charge is 2.05. The molecule has 0 atom stereocenters. The highest BCUT2D eigenvalue weighted by Crippen LogP contribution is 2.11. The average molecular weight is 258 g/mol. The fourth-order valence-corrected chi connectivity index (χ4v) is 2.08. The molecule has 4 heteroatoms. The molecule has 1 aromatic carbocycles. The molecule has 2 aromatic rings. The third-order valence-electron chi connectivity index (χ3n) is 3.31. The van der Waals surface area contributed by atoms with Gasteiger partial charge in [-0.25, -0.2) is 4.79 Å². The van der Waals surface area contributed by atoms with Gasteiger partial charge in [-0.15, -0.1) is 0 Å². The summed E-state index contributed by atoms with van der Waals surface area (Å²) in [5, 5.41) is 0. The lowest BCUT2D eigenvalue weighted by atomic mass is 10.1. The van der Waals surface area contributed by atoms with Crippen LogP contribution in [0.15, 0.2) is 34.0 Å². The molecule has 4 nitrogen and oxygen atoms in total. The summed E-state index contributed by atoms with van der Waals surface area (Å²) in [6.07, 6.45) is 2.27. The summed E-state index contributed by atoms with van der Waals surface area (Å²) < 4.78 is 1.56. The van der Waals surface area contributed by atoms with E-state index in [0.29, 0.717) is 18.5 Å². The molecule has 0 amide bonds. The summed E-state index contributed by atoms with van der Waals surface area (Å²) in [7, 11) is 0. The molecule has 1 heterocycles. The highest BCUT2D eigenvalue weighted by atomic mass is 16.2. The number of aromatic amines is 1. The first-order valence-corrected chi connectivity index (χ1v) is 6.40. The van der Waals surface area contributed by atoms with Crippen molar-refractivity contribution >= 4 is 0 Å².